The zero-order valence-corrected chi connectivity index (χ0v) is 14.4. The smallest absolute Gasteiger partial charge is 0.329 e. The Morgan fingerprint density at radius 3 is 2.50 bits per heavy atom. The van der Waals surface area contributed by atoms with E-state index in [9.17, 15) is 4.79 Å². The van der Waals surface area contributed by atoms with Gasteiger partial charge in [-0.05, 0) is 43.0 Å². The van der Waals surface area contributed by atoms with Crippen molar-refractivity contribution in [3.8, 4) is 0 Å². The Kier molecular flexibility index (Phi) is 5.75. The fourth-order valence-corrected chi connectivity index (χ4v) is 3.79. The molecular weight excluding hydrogens is 320 g/mol. The number of benzene rings is 1. The molecule has 2 aliphatic heterocycles. The zero-order chi connectivity index (χ0) is 16.8. The molecule has 5 heteroatoms. The summed E-state index contributed by atoms with van der Waals surface area (Å²) in [6.45, 7) is 2.32. The number of allylic oxidation sites excluding steroid dienone is 2. The fraction of sp³-hybridized carbons (Fsp3) is 0.368. The van der Waals surface area contributed by atoms with Gasteiger partial charge in [-0.25, -0.2) is 4.79 Å². The van der Waals surface area contributed by atoms with Gasteiger partial charge >= 0.3 is 5.97 Å². The molecule has 1 saturated heterocycles. The van der Waals surface area contributed by atoms with E-state index in [0.717, 1.165) is 23.7 Å². The molecule has 1 fully saturated rings. The van der Waals surface area contributed by atoms with E-state index in [4.69, 9.17) is 5.11 Å². The summed E-state index contributed by atoms with van der Waals surface area (Å²) in [5, 5.41) is 9.69. The minimum absolute atomic E-state index is 0.524. The molecule has 0 radical (unpaired) electrons. The molecule has 1 aromatic rings. The highest BCUT2D eigenvalue weighted by atomic mass is 32.2. The predicted molar refractivity (Wildman–Crippen MR) is 102 cm³/mol. The third-order valence-electron chi connectivity index (χ3n) is 4.21. The van der Waals surface area contributed by atoms with Gasteiger partial charge in [-0.2, -0.15) is 0 Å². The molecule has 0 amide bonds. The highest BCUT2D eigenvalue weighted by Gasteiger charge is 2.22. The summed E-state index contributed by atoms with van der Waals surface area (Å²) < 4.78 is 0. The summed E-state index contributed by atoms with van der Waals surface area (Å²) in [5.41, 5.74) is 2.46. The van der Waals surface area contributed by atoms with Crippen molar-refractivity contribution in [3.05, 3.63) is 48.1 Å². The molecule has 0 unspecified atom stereocenters. The summed E-state index contributed by atoms with van der Waals surface area (Å²) in [6.07, 6.45) is 11.7. The SMILES string of the molecule is O=C(O)[C@H]1CSC(/C=C/C=C/c2ccc(N3CCCCC3)cc2)=N1. The maximum atomic E-state index is 10.8. The Bertz CT molecular complexity index is 658. The Hall–Kier alpha value is -2.01. The highest BCUT2D eigenvalue weighted by molar-refractivity contribution is 8.14. The first kappa shape index (κ1) is 16.8. The summed E-state index contributed by atoms with van der Waals surface area (Å²) in [5.74, 6) is -0.327. The normalized spacial score (nSPS) is 21.6. The quantitative estimate of drug-likeness (QED) is 0.826. The third kappa shape index (κ3) is 4.51. The van der Waals surface area contributed by atoms with E-state index in [1.807, 2.05) is 24.3 Å². The molecule has 0 aliphatic carbocycles. The van der Waals surface area contributed by atoms with Crippen molar-refractivity contribution in [2.45, 2.75) is 25.3 Å². The number of carboxylic acid groups (broad SMARTS) is 1. The van der Waals surface area contributed by atoms with Crippen LogP contribution < -0.4 is 4.90 Å². The molecule has 24 heavy (non-hydrogen) atoms. The fourth-order valence-electron chi connectivity index (χ4n) is 2.86. The highest BCUT2D eigenvalue weighted by Crippen LogP contribution is 2.21. The first-order valence-corrected chi connectivity index (χ1v) is 9.34. The molecule has 0 bridgehead atoms. The topological polar surface area (TPSA) is 52.9 Å². The number of aliphatic imine (C=N–C) groups is 1. The maximum absolute atomic E-state index is 10.8. The van der Waals surface area contributed by atoms with E-state index < -0.39 is 12.0 Å². The van der Waals surface area contributed by atoms with Gasteiger partial charge in [0, 0.05) is 24.5 Å². The van der Waals surface area contributed by atoms with Gasteiger partial charge in [-0.1, -0.05) is 30.4 Å². The van der Waals surface area contributed by atoms with E-state index in [1.165, 1.54) is 36.7 Å². The van der Waals surface area contributed by atoms with Crippen LogP contribution in [0.25, 0.3) is 6.08 Å². The van der Waals surface area contributed by atoms with Gasteiger partial charge in [0.15, 0.2) is 6.04 Å². The molecular formula is C19H22N2O2S. The van der Waals surface area contributed by atoms with E-state index in [2.05, 4.69) is 34.2 Å². The van der Waals surface area contributed by atoms with Crippen LogP contribution in [-0.4, -0.2) is 41.0 Å². The van der Waals surface area contributed by atoms with Crippen LogP contribution in [0.4, 0.5) is 5.69 Å². The van der Waals surface area contributed by atoms with Gasteiger partial charge in [-0.3, -0.25) is 4.99 Å². The lowest BCUT2D eigenvalue weighted by Gasteiger charge is -2.28. The monoisotopic (exact) mass is 342 g/mol. The Morgan fingerprint density at radius 2 is 1.83 bits per heavy atom. The molecule has 1 aromatic carbocycles. The molecule has 126 valence electrons. The van der Waals surface area contributed by atoms with Crippen LogP contribution in [0.1, 0.15) is 24.8 Å². The average Bonchev–Trinajstić information content (AvgIpc) is 3.09. The van der Waals surface area contributed by atoms with Crippen LogP contribution in [0.5, 0.6) is 0 Å². The second-order valence-corrected chi connectivity index (χ2v) is 7.03. The lowest BCUT2D eigenvalue weighted by atomic mass is 10.1. The Labute approximate surface area is 147 Å². The lowest BCUT2D eigenvalue weighted by molar-refractivity contribution is -0.137. The van der Waals surface area contributed by atoms with Crippen LogP contribution in [-0.2, 0) is 4.79 Å². The Morgan fingerprint density at radius 1 is 1.12 bits per heavy atom. The number of thioether (sulfide) groups is 1. The largest absolute Gasteiger partial charge is 0.480 e. The van der Waals surface area contributed by atoms with E-state index in [1.54, 1.807) is 0 Å². The molecule has 2 aliphatic rings. The van der Waals surface area contributed by atoms with Gasteiger partial charge in [0.25, 0.3) is 0 Å². The van der Waals surface area contributed by atoms with Crippen molar-refractivity contribution in [2.24, 2.45) is 4.99 Å². The van der Waals surface area contributed by atoms with Gasteiger partial charge in [0.2, 0.25) is 0 Å². The van der Waals surface area contributed by atoms with Gasteiger partial charge in [0.05, 0.1) is 5.04 Å². The van der Waals surface area contributed by atoms with Crippen LogP contribution in [0.2, 0.25) is 0 Å². The van der Waals surface area contributed by atoms with E-state index in [-0.39, 0.29) is 0 Å². The summed E-state index contributed by atoms with van der Waals surface area (Å²) in [6, 6.07) is 8.04. The van der Waals surface area contributed by atoms with Crippen LogP contribution in [0, 0.1) is 0 Å². The van der Waals surface area contributed by atoms with E-state index >= 15 is 0 Å². The number of hydrogen-bond donors (Lipinski definition) is 1. The van der Waals surface area contributed by atoms with Gasteiger partial charge < -0.3 is 10.0 Å². The first-order valence-electron chi connectivity index (χ1n) is 8.35. The van der Waals surface area contributed by atoms with Crippen molar-refractivity contribution in [1.29, 1.82) is 0 Å². The van der Waals surface area contributed by atoms with Crippen molar-refractivity contribution in [2.75, 3.05) is 23.7 Å². The predicted octanol–water partition coefficient (Wildman–Crippen LogP) is 3.84. The third-order valence-corrected chi connectivity index (χ3v) is 5.23. The molecule has 0 saturated carbocycles. The number of rotatable bonds is 5. The van der Waals surface area contributed by atoms with Crippen molar-refractivity contribution in [3.63, 3.8) is 0 Å². The van der Waals surface area contributed by atoms with Crippen LogP contribution in [0.3, 0.4) is 0 Å². The van der Waals surface area contributed by atoms with Crippen LogP contribution >= 0.6 is 11.8 Å². The standard InChI is InChI=1S/C19H22N2O2S/c22-19(23)17-14-24-18(20-17)7-3-2-6-15-8-10-16(11-9-15)21-12-4-1-5-13-21/h2-3,6-11,17H,1,4-5,12-14H2,(H,22,23)/b6-2+,7-3+/t17-/m1/s1. The summed E-state index contributed by atoms with van der Waals surface area (Å²) in [4.78, 5) is 17.4. The average molecular weight is 342 g/mol. The van der Waals surface area contributed by atoms with Gasteiger partial charge in [0.1, 0.15) is 0 Å². The number of aliphatic carboxylic acids is 1. The van der Waals surface area contributed by atoms with Crippen molar-refractivity contribution in [1.82, 2.24) is 0 Å². The number of anilines is 1. The van der Waals surface area contributed by atoms with E-state index in [0.29, 0.717) is 5.75 Å². The second-order valence-electron chi connectivity index (χ2n) is 5.99. The van der Waals surface area contributed by atoms with Crippen molar-refractivity contribution >= 4 is 34.5 Å². The number of carboxylic acids is 1. The molecule has 1 N–H and O–H groups in total. The number of hydrogen-bond acceptors (Lipinski definition) is 4. The summed E-state index contributed by atoms with van der Waals surface area (Å²) in [7, 11) is 0. The number of nitrogens with zero attached hydrogens (tertiary/aromatic N) is 2. The molecule has 2 heterocycles. The Balaban J connectivity index is 1.54. The minimum atomic E-state index is -0.852. The zero-order valence-electron chi connectivity index (χ0n) is 13.6. The lowest BCUT2D eigenvalue weighted by Crippen LogP contribution is -2.29. The van der Waals surface area contributed by atoms with Crippen LogP contribution in [0.15, 0.2) is 47.5 Å². The maximum Gasteiger partial charge on any atom is 0.329 e. The first-order chi connectivity index (χ1) is 11.7. The number of carbonyl (C=O) groups is 1. The van der Waals surface area contributed by atoms with Crippen molar-refractivity contribution < 1.29 is 9.90 Å². The molecule has 0 aromatic heterocycles. The second kappa shape index (κ2) is 8.20. The van der Waals surface area contributed by atoms with Gasteiger partial charge in [-0.15, -0.1) is 11.8 Å². The molecule has 1 atom stereocenters. The number of piperidine rings is 1. The minimum Gasteiger partial charge on any atom is -0.480 e. The summed E-state index contributed by atoms with van der Waals surface area (Å²) >= 11 is 1.49. The molecule has 4 nitrogen and oxygen atoms in total. The molecule has 3 rings (SSSR count). The molecule has 0 spiro atoms.